The monoisotopic (exact) mass is 352 g/mol. The van der Waals surface area contributed by atoms with E-state index in [-0.39, 0.29) is 11.4 Å². The average molecular weight is 352 g/mol. The third kappa shape index (κ3) is 3.89. The minimum atomic E-state index is -0.573. The Morgan fingerprint density at radius 1 is 1.31 bits per heavy atom. The molecule has 7 nitrogen and oxygen atoms in total. The van der Waals surface area contributed by atoms with E-state index >= 15 is 0 Å². The standard InChI is InChI=1S/C19H16N2O5/c1-25-15-7-8-16(17(11-15)21(23)24)20-19(22)9-6-13-10-14-4-2-3-5-18(14)26-12-13/h2-11H,12H2,1H3,(H,20,22)/b9-6+. The number of anilines is 1. The molecule has 0 fully saturated rings. The van der Waals surface area contributed by atoms with Gasteiger partial charge in [0, 0.05) is 11.6 Å². The molecule has 0 bridgehead atoms. The number of methoxy groups -OCH3 is 1. The minimum absolute atomic E-state index is 0.102. The molecule has 2 aromatic carbocycles. The first kappa shape index (κ1) is 17.2. The van der Waals surface area contributed by atoms with Gasteiger partial charge in [0.25, 0.3) is 5.69 Å². The number of hydrogen-bond donors (Lipinski definition) is 1. The van der Waals surface area contributed by atoms with E-state index in [4.69, 9.17) is 9.47 Å². The number of nitro benzene ring substituents is 1. The van der Waals surface area contributed by atoms with Gasteiger partial charge in [-0.1, -0.05) is 24.3 Å². The van der Waals surface area contributed by atoms with Gasteiger partial charge < -0.3 is 14.8 Å². The number of carbonyl (C=O) groups is 1. The van der Waals surface area contributed by atoms with Crippen molar-refractivity contribution in [3.05, 3.63) is 75.9 Å². The van der Waals surface area contributed by atoms with Crippen LogP contribution in [0.25, 0.3) is 6.08 Å². The zero-order valence-electron chi connectivity index (χ0n) is 14.0. The van der Waals surface area contributed by atoms with Crippen molar-refractivity contribution in [2.24, 2.45) is 0 Å². The van der Waals surface area contributed by atoms with Crippen LogP contribution >= 0.6 is 0 Å². The quantitative estimate of drug-likeness (QED) is 0.505. The summed E-state index contributed by atoms with van der Waals surface area (Å²) >= 11 is 0. The maximum Gasteiger partial charge on any atom is 0.296 e. The molecule has 0 aliphatic carbocycles. The normalized spacial score (nSPS) is 12.7. The summed E-state index contributed by atoms with van der Waals surface area (Å²) in [4.78, 5) is 22.7. The van der Waals surface area contributed by atoms with Crippen LogP contribution in [0.2, 0.25) is 0 Å². The number of amides is 1. The molecule has 1 heterocycles. The summed E-state index contributed by atoms with van der Waals surface area (Å²) in [6.07, 6.45) is 4.87. The zero-order chi connectivity index (χ0) is 18.5. The number of nitrogens with one attached hydrogen (secondary N) is 1. The fourth-order valence-electron chi connectivity index (χ4n) is 2.48. The van der Waals surface area contributed by atoms with Crippen molar-refractivity contribution in [2.75, 3.05) is 19.0 Å². The second kappa shape index (κ2) is 7.52. The predicted molar refractivity (Wildman–Crippen MR) is 97.3 cm³/mol. The van der Waals surface area contributed by atoms with Gasteiger partial charge in [-0.25, -0.2) is 0 Å². The van der Waals surface area contributed by atoms with E-state index in [1.165, 1.54) is 25.3 Å². The molecule has 0 radical (unpaired) electrons. The molecule has 1 aliphatic rings. The number of fused-ring (bicyclic) bond motifs is 1. The molecule has 0 unspecified atom stereocenters. The number of para-hydroxylation sites is 1. The highest BCUT2D eigenvalue weighted by atomic mass is 16.6. The van der Waals surface area contributed by atoms with Crippen LogP contribution in [0.15, 0.2) is 60.2 Å². The summed E-state index contributed by atoms with van der Waals surface area (Å²) in [6.45, 7) is 0.351. The number of carbonyl (C=O) groups excluding carboxylic acids is 1. The molecule has 3 rings (SSSR count). The van der Waals surface area contributed by atoms with Crippen LogP contribution in [-0.2, 0) is 4.79 Å². The van der Waals surface area contributed by atoms with Crippen molar-refractivity contribution >= 4 is 23.4 Å². The molecule has 26 heavy (non-hydrogen) atoms. The fraction of sp³-hybridized carbons (Fsp3) is 0.105. The van der Waals surface area contributed by atoms with Crippen molar-refractivity contribution in [1.82, 2.24) is 0 Å². The highest BCUT2D eigenvalue weighted by Gasteiger charge is 2.16. The molecular formula is C19H16N2O5. The Morgan fingerprint density at radius 2 is 2.12 bits per heavy atom. The maximum absolute atomic E-state index is 12.1. The van der Waals surface area contributed by atoms with E-state index in [1.807, 2.05) is 30.3 Å². The smallest absolute Gasteiger partial charge is 0.296 e. The lowest BCUT2D eigenvalue weighted by Crippen LogP contribution is -2.11. The summed E-state index contributed by atoms with van der Waals surface area (Å²) in [5, 5.41) is 13.7. The summed E-state index contributed by atoms with van der Waals surface area (Å²) in [5.41, 5.74) is 1.62. The van der Waals surface area contributed by atoms with Crippen molar-refractivity contribution in [3.63, 3.8) is 0 Å². The average Bonchev–Trinajstić information content (AvgIpc) is 2.66. The molecule has 2 aromatic rings. The first-order chi connectivity index (χ1) is 12.6. The van der Waals surface area contributed by atoms with Crippen LogP contribution in [0.5, 0.6) is 11.5 Å². The number of hydrogen-bond acceptors (Lipinski definition) is 5. The van der Waals surface area contributed by atoms with Gasteiger partial charge in [-0.2, -0.15) is 0 Å². The van der Waals surface area contributed by atoms with Crippen molar-refractivity contribution in [1.29, 1.82) is 0 Å². The van der Waals surface area contributed by atoms with Gasteiger partial charge in [-0.15, -0.1) is 0 Å². The van der Waals surface area contributed by atoms with E-state index in [2.05, 4.69) is 5.32 Å². The lowest BCUT2D eigenvalue weighted by molar-refractivity contribution is -0.384. The summed E-state index contributed by atoms with van der Waals surface area (Å²) in [5.74, 6) is 0.661. The number of ether oxygens (including phenoxy) is 2. The fourth-order valence-corrected chi connectivity index (χ4v) is 2.48. The zero-order valence-corrected chi connectivity index (χ0v) is 14.0. The SMILES string of the molecule is COc1ccc(NC(=O)/C=C/C2=Cc3ccccc3OC2)c([N+](=O)[O-])c1. The van der Waals surface area contributed by atoms with E-state index in [0.29, 0.717) is 12.4 Å². The molecule has 0 saturated heterocycles. The van der Waals surface area contributed by atoms with Crippen LogP contribution in [0.1, 0.15) is 5.56 Å². The lowest BCUT2D eigenvalue weighted by atomic mass is 10.1. The Labute approximate surface area is 149 Å². The summed E-state index contributed by atoms with van der Waals surface area (Å²) < 4.78 is 10.6. The second-order valence-electron chi connectivity index (χ2n) is 5.51. The first-order valence-electron chi connectivity index (χ1n) is 7.81. The van der Waals surface area contributed by atoms with Crippen molar-refractivity contribution < 1.29 is 19.2 Å². The van der Waals surface area contributed by atoms with Gasteiger partial charge in [0.05, 0.1) is 18.1 Å². The summed E-state index contributed by atoms with van der Waals surface area (Å²) in [6, 6.07) is 11.8. The molecular weight excluding hydrogens is 336 g/mol. The Bertz CT molecular complexity index is 918. The molecule has 0 atom stereocenters. The predicted octanol–water partition coefficient (Wildman–Crippen LogP) is 3.57. The lowest BCUT2D eigenvalue weighted by Gasteiger charge is -2.15. The molecule has 132 valence electrons. The minimum Gasteiger partial charge on any atom is -0.496 e. The van der Waals surface area contributed by atoms with Crippen molar-refractivity contribution in [3.8, 4) is 11.5 Å². The Morgan fingerprint density at radius 3 is 2.88 bits per heavy atom. The van der Waals surface area contributed by atoms with E-state index in [9.17, 15) is 14.9 Å². The number of benzene rings is 2. The van der Waals surface area contributed by atoms with Gasteiger partial charge in [0.15, 0.2) is 0 Å². The van der Waals surface area contributed by atoms with Gasteiger partial charge in [-0.3, -0.25) is 14.9 Å². The number of nitrogens with zero attached hydrogens (tertiary/aromatic N) is 1. The largest absolute Gasteiger partial charge is 0.496 e. The van der Waals surface area contributed by atoms with Gasteiger partial charge >= 0.3 is 0 Å². The van der Waals surface area contributed by atoms with E-state index in [0.717, 1.165) is 16.9 Å². The highest BCUT2D eigenvalue weighted by Crippen LogP contribution is 2.29. The van der Waals surface area contributed by atoms with E-state index in [1.54, 1.807) is 12.1 Å². The molecule has 1 amide bonds. The van der Waals surface area contributed by atoms with Crippen LogP contribution in [0.4, 0.5) is 11.4 Å². The maximum atomic E-state index is 12.1. The van der Waals surface area contributed by atoms with Gasteiger partial charge in [0.1, 0.15) is 23.8 Å². The van der Waals surface area contributed by atoms with Crippen molar-refractivity contribution in [2.45, 2.75) is 0 Å². The van der Waals surface area contributed by atoms with Crippen LogP contribution in [-0.4, -0.2) is 24.5 Å². The number of nitro groups is 1. The van der Waals surface area contributed by atoms with Gasteiger partial charge in [0.2, 0.25) is 5.91 Å². The summed E-state index contributed by atoms with van der Waals surface area (Å²) in [7, 11) is 1.41. The molecule has 1 N–H and O–H groups in total. The second-order valence-corrected chi connectivity index (χ2v) is 5.51. The molecule has 0 spiro atoms. The Hall–Kier alpha value is -3.61. The topological polar surface area (TPSA) is 90.7 Å². The van der Waals surface area contributed by atoms with Crippen LogP contribution in [0, 0.1) is 10.1 Å². The molecule has 1 aliphatic heterocycles. The highest BCUT2D eigenvalue weighted by molar-refractivity contribution is 6.01. The first-order valence-corrected chi connectivity index (χ1v) is 7.81. The number of rotatable bonds is 5. The molecule has 0 aromatic heterocycles. The van der Waals surface area contributed by atoms with E-state index < -0.39 is 10.8 Å². The van der Waals surface area contributed by atoms with Crippen LogP contribution < -0.4 is 14.8 Å². The van der Waals surface area contributed by atoms with Crippen LogP contribution in [0.3, 0.4) is 0 Å². The third-order valence-electron chi connectivity index (χ3n) is 3.76. The molecule has 7 heteroatoms. The Balaban J connectivity index is 1.73. The molecule has 0 saturated carbocycles. The third-order valence-corrected chi connectivity index (χ3v) is 3.76. The Kier molecular flexibility index (Phi) is 4.98. The van der Waals surface area contributed by atoms with Gasteiger partial charge in [-0.05, 0) is 29.8 Å².